The SMILES string of the molecule is Cc1ncc(Cl)cc1NC(=O)/C=C/c1nc(N)c(C(=N)Cl)cc1F. The lowest BCUT2D eigenvalue weighted by Gasteiger charge is -2.06. The molecule has 124 valence electrons. The number of nitrogen functional groups attached to an aromatic ring is 1. The molecule has 0 fully saturated rings. The summed E-state index contributed by atoms with van der Waals surface area (Å²) in [6, 6.07) is 2.54. The number of amides is 1. The summed E-state index contributed by atoms with van der Waals surface area (Å²) in [5, 5.41) is 9.79. The van der Waals surface area contributed by atoms with Crippen LogP contribution in [0.1, 0.15) is 17.0 Å². The molecule has 0 saturated heterocycles. The molecule has 9 heteroatoms. The maximum atomic E-state index is 13.9. The van der Waals surface area contributed by atoms with Gasteiger partial charge in [0.15, 0.2) is 0 Å². The number of pyridine rings is 2. The lowest BCUT2D eigenvalue weighted by molar-refractivity contribution is -0.111. The van der Waals surface area contributed by atoms with E-state index in [1.165, 1.54) is 6.20 Å². The van der Waals surface area contributed by atoms with Crippen LogP contribution in [-0.4, -0.2) is 21.0 Å². The zero-order chi connectivity index (χ0) is 17.9. The number of aromatic nitrogens is 2. The van der Waals surface area contributed by atoms with Crippen LogP contribution < -0.4 is 11.1 Å². The van der Waals surface area contributed by atoms with E-state index in [0.29, 0.717) is 16.4 Å². The standard InChI is InChI=1S/C15H12Cl2FN5O/c1-7-12(4-8(16)6-21-7)22-13(24)3-2-11-10(18)5-9(14(17)19)15(20)23-11/h2-6,19H,1H3,(H2,20,23)(H,22,24)/b3-2+,19-14?. The second-order valence-corrected chi connectivity index (χ2v) is 5.53. The van der Waals surface area contributed by atoms with Crippen molar-refractivity contribution in [1.82, 2.24) is 9.97 Å². The molecule has 0 bridgehead atoms. The second kappa shape index (κ2) is 7.37. The number of nitrogens with zero attached hydrogens (tertiary/aromatic N) is 2. The summed E-state index contributed by atoms with van der Waals surface area (Å²) in [5.74, 6) is -1.38. The van der Waals surface area contributed by atoms with Gasteiger partial charge in [-0.15, -0.1) is 0 Å². The molecule has 0 unspecified atom stereocenters. The van der Waals surface area contributed by atoms with Crippen LogP contribution in [-0.2, 0) is 4.79 Å². The summed E-state index contributed by atoms with van der Waals surface area (Å²) in [5.41, 5.74) is 6.46. The van der Waals surface area contributed by atoms with Gasteiger partial charge in [-0.05, 0) is 25.1 Å². The number of anilines is 2. The zero-order valence-electron chi connectivity index (χ0n) is 12.4. The Morgan fingerprint density at radius 2 is 2.17 bits per heavy atom. The highest BCUT2D eigenvalue weighted by Gasteiger charge is 2.11. The number of carbonyl (C=O) groups excluding carboxylic acids is 1. The fourth-order valence-corrected chi connectivity index (χ4v) is 2.08. The van der Waals surface area contributed by atoms with Crippen molar-refractivity contribution in [3.8, 4) is 0 Å². The van der Waals surface area contributed by atoms with E-state index in [4.69, 9.17) is 34.3 Å². The molecule has 24 heavy (non-hydrogen) atoms. The third kappa shape index (κ3) is 4.27. The van der Waals surface area contributed by atoms with Gasteiger partial charge in [0.25, 0.3) is 0 Å². The molecule has 2 heterocycles. The number of aryl methyl sites for hydroxylation is 1. The molecule has 0 aliphatic carbocycles. The second-order valence-electron chi connectivity index (χ2n) is 4.71. The van der Waals surface area contributed by atoms with Gasteiger partial charge in [-0.1, -0.05) is 23.2 Å². The number of carbonyl (C=O) groups is 1. The summed E-state index contributed by atoms with van der Waals surface area (Å²) in [6.45, 7) is 1.71. The van der Waals surface area contributed by atoms with Crippen LogP contribution in [0.3, 0.4) is 0 Å². The average Bonchev–Trinajstić information content (AvgIpc) is 2.51. The van der Waals surface area contributed by atoms with Crippen molar-refractivity contribution in [3.05, 3.63) is 52.2 Å². The van der Waals surface area contributed by atoms with Crippen LogP contribution in [0.15, 0.2) is 24.4 Å². The van der Waals surface area contributed by atoms with E-state index in [1.807, 2.05) is 0 Å². The number of nitrogens with two attached hydrogens (primary N) is 1. The fourth-order valence-electron chi connectivity index (χ4n) is 1.77. The average molecular weight is 368 g/mol. The van der Waals surface area contributed by atoms with Gasteiger partial charge in [0.05, 0.1) is 22.0 Å². The summed E-state index contributed by atoms with van der Waals surface area (Å²) in [7, 11) is 0. The summed E-state index contributed by atoms with van der Waals surface area (Å²) >= 11 is 11.3. The molecule has 2 rings (SSSR count). The first-order valence-corrected chi connectivity index (χ1v) is 7.35. The first kappa shape index (κ1) is 17.8. The number of nitrogens with one attached hydrogen (secondary N) is 2. The van der Waals surface area contributed by atoms with Crippen LogP contribution in [0.2, 0.25) is 5.02 Å². The highest BCUT2D eigenvalue weighted by Crippen LogP contribution is 2.19. The van der Waals surface area contributed by atoms with Gasteiger partial charge in [0.2, 0.25) is 5.91 Å². The van der Waals surface area contributed by atoms with Crippen molar-refractivity contribution in [2.24, 2.45) is 0 Å². The van der Waals surface area contributed by atoms with Crippen molar-refractivity contribution in [1.29, 1.82) is 5.41 Å². The number of halogens is 3. The molecular formula is C15H12Cl2FN5O. The van der Waals surface area contributed by atoms with Crippen LogP contribution in [0.25, 0.3) is 6.08 Å². The first-order valence-electron chi connectivity index (χ1n) is 6.59. The Kier molecular flexibility index (Phi) is 5.48. The Bertz CT molecular complexity index is 854. The Labute approximate surface area is 147 Å². The monoisotopic (exact) mass is 367 g/mol. The molecule has 0 aliphatic heterocycles. The molecule has 0 saturated carbocycles. The van der Waals surface area contributed by atoms with Crippen LogP contribution in [0.5, 0.6) is 0 Å². The molecule has 0 aromatic carbocycles. The summed E-state index contributed by atoms with van der Waals surface area (Å²) < 4.78 is 13.9. The Balaban J connectivity index is 2.18. The van der Waals surface area contributed by atoms with Crippen molar-refractivity contribution < 1.29 is 9.18 Å². The third-order valence-electron chi connectivity index (χ3n) is 2.97. The molecule has 6 nitrogen and oxygen atoms in total. The van der Waals surface area contributed by atoms with Gasteiger partial charge < -0.3 is 11.1 Å². The minimum absolute atomic E-state index is 0.0172. The van der Waals surface area contributed by atoms with E-state index in [1.54, 1.807) is 13.0 Å². The number of hydrogen-bond acceptors (Lipinski definition) is 5. The predicted octanol–water partition coefficient (Wildman–Crippen LogP) is 3.38. The number of rotatable bonds is 4. The van der Waals surface area contributed by atoms with E-state index >= 15 is 0 Å². The molecule has 0 spiro atoms. The molecule has 0 radical (unpaired) electrons. The third-order valence-corrected chi connectivity index (χ3v) is 3.38. The minimum Gasteiger partial charge on any atom is -0.383 e. The summed E-state index contributed by atoms with van der Waals surface area (Å²) in [6.07, 6.45) is 3.72. The molecule has 0 atom stereocenters. The van der Waals surface area contributed by atoms with Crippen LogP contribution in [0.4, 0.5) is 15.9 Å². The van der Waals surface area contributed by atoms with Crippen molar-refractivity contribution >= 4 is 51.9 Å². The molecule has 4 N–H and O–H groups in total. The quantitative estimate of drug-likeness (QED) is 0.568. The Morgan fingerprint density at radius 3 is 2.83 bits per heavy atom. The molecule has 2 aromatic heterocycles. The van der Waals surface area contributed by atoms with Gasteiger partial charge in [-0.2, -0.15) is 0 Å². The van der Waals surface area contributed by atoms with E-state index in [2.05, 4.69) is 15.3 Å². The topological polar surface area (TPSA) is 105 Å². The largest absolute Gasteiger partial charge is 0.383 e. The maximum Gasteiger partial charge on any atom is 0.248 e. The molecule has 1 amide bonds. The van der Waals surface area contributed by atoms with Crippen molar-refractivity contribution in [3.63, 3.8) is 0 Å². The molecule has 2 aromatic rings. The van der Waals surface area contributed by atoms with Crippen LogP contribution >= 0.6 is 23.2 Å². The Morgan fingerprint density at radius 1 is 1.46 bits per heavy atom. The lowest BCUT2D eigenvalue weighted by Crippen LogP contribution is -2.10. The van der Waals surface area contributed by atoms with E-state index < -0.39 is 16.9 Å². The van der Waals surface area contributed by atoms with Gasteiger partial charge in [0.1, 0.15) is 22.5 Å². The van der Waals surface area contributed by atoms with Crippen LogP contribution in [0, 0.1) is 18.2 Å². The van der Waals surface area contributed by atoms with E-state index in [-0.39, 0.29) is 17.1 Å². The van der Waals surface area contributed by atoms with Crippen molar-refractivity contribution in [2.75, 3.05) is 11.1 Å². The smallest absolute Gasteiger partial charge is 0.248 e. The molecular weight excluding hydrogens is 356 g/mol. The van der Waals surface area contributed by atoms with E-state index in [0.717, 1.165) is 18.2 Å². The maximum absolute atomic E-state index is 13.9. The summed E-state index contributed by atoms with van der Waals surface area (Å²) in [4.78, 5) is 19.7. The zero-order valence-corrected chi connectivity index (χ0v) is 13.9. The fraction of sp³-hybridized carbons (Fsp3) is 0.0667. The lowest BCUT2D eigenvalue weighted by atomic mass is 10.2. The highest BCUT2D eigenvalue weighted by molar-refractivity contribution is 6.69. The highest BCUT2D eigenvalue weighted by atomic mass is 35.5. The first-order chi connectivity index (χ1) is 11.3. The minimum atomic E-state index is -0.755. The van der Waals surface area contributed by atoms with Gasteiger partial charge in [-0.25, -0.2) is 9.37 Å². The van der Waals surface area contributed by atoms with E-state index in [9.17, 15) is 9.18 Å². The van der Waals surface area contributed by atoms with Crippen molar-refractivity contribution in [2.45, 2.75) is 6.92 Å². The van der Waals surface area contributed by atoms with Gasteiger partial charge in [0, 0.05) is 12.3 Å². The molecule has 0 aliphatic rings. The normalized spacial score (nSPS) is 10.8. The van der Waals surface area contributed by atoms with Gasteiger partial charge in [-0.3, -0.25) is 15.2 Å². The van der Waals surface area contributed by atoms with Gasteiger partial charge >= 0.3 is 0 Å². The number of hydrogen-bond donors (Lipinski definition) is 3. The Hall–Kier alpha value is -2.51. The predicted molar refractivity (Wildman–Crippen MR) is 92.9 cm³/mol.